The number of thiophene rings is 1. The van der Waals surface area contributed by atoms with E-state index in [1.54, 1.807) is 22.8 Å². The standard InChI is InChI=1S/C21H29N3O4S/c1-3-28-17(25)13-24-19(26)18-15-12-14(2)6-7-16(15)29-20(18)23(21(24)27)11-10-22-8-4-5-9-22/h14H,3-13H2,1-2H3/t14-/m0/s1. The van der Waals surface area contributed by atoms with Crippen molar-refractivity contribution < 1.29 is 9.53 Å². The van der Waals surface area contributed by atoms with Crippen molar-refractivity contribution in [1.82, 2.24) is 14.0 Å². The Bertz CT molecular complexity index is 1030. The van der Waals surface area contributed by atoms with Crippen LogP contribution in [-0.4, -0.2) is 46.2 Å². The first-order chi connectivity index (χ1) is 14.0. The molecule has 0 spiro atoms. The van der Waals surface area contributed by atoms with Gasteiger partial charge in [0.2, 0.25) is 0 Å². The quantitative estimate of drug-likeness (QED) is 0.670. The number of ether oxygens (including phenoxy) is 1. The Kier molecular flexibility index (Phi) is 5.92. The van der Waals surface area contributed by atoms with Gasteiger partial charge in [-0.3, -0.25) is 14.2 Å². The van der Waals surface area contributed by atoms with E-state index in [4.69, 9.17) is 4.74 Å². The number of hydrogen-bond acceptors (Lipinski definition) is 6. The van der Waals surface area contributed by atoms with E-state index >= 15 is 0 Å². The van der Waals surface area contributed by atoms with E-state index in [2.05, 4.69) is 11.8 Å². The van der Waals surface area contributed by atoms with Gasteiger partial charge < -0.3 is 9.64 Å². The zero-order chi connectivity index (χ0) is 20.5. The second-order valence-corrected chi connectivity index (χ2v) is 9.29. The van der Waals surface area contributed by atoms with Gasteiger partial charge in [0.15, 0.2) is 0 Å². The summed E-state index contributed by atoms with van der Waals surface area (Å²) in [4.78, 5) is 42.9. The van der Waals surface area contributed by atoms with Gasteiger partial charge in [0, 0.05) is 18.0 Å². The van der Waals surface area contributed by atoms with Gasteiger partial charge in [-0.2, -0.15) is 0 Å². The van der Waals surface area contributed by atoms with Gasteiger partial charge in [-0.1, -0.05) is 6.92 Å². The first-order valence-electron chi connectivity index (χ1n) is 10.7. The van der Waals surface area contributed by atoms with Crippen LogP contribution >= 0.6 is 11.3 Å². The number of carbonyl (C=O) groups excluding carboxylic acids is 1. The molecule has 2 aromatic heterocycles. The first-order valence-corrected chi connectivity index (χ1v) is 11.5. The Labute approximate surface area is 173 Å². The minimum atomic E-state index is -0.547. The van der Waals surface area contributed by atoms with E-state index in [0.29, 0.717) is 17.8 Å². The molecule has 8 heteroatoms. The van der Waals surface area contributed by atoms with Gasteiger partial charge in [0.05, 0.1) is 12.0 Å². The summed E-state index contributed by atoms with van der Waals surface area (Å²) in [5.74, 6) is -0.0298. The van der Waals surface area contributed by atoms with E-state index in [1.165, 1.54) is 17.7 Å². The highest BCUT2D eigenvalue weighted by Gasteiger charge is 2.26. The molecular formula is C21H29N3O4S. The second kappa shape index (κ2) is 8.44. The van der Waals surface area contributed by atoms with Crippen LogP contribution in [0.25, 0.3) is 10.2 Å². The van der Waals surface area contributed by atoms with Crippen molar-refractivity contribution in [3.8, 4) is 0 Å². The van der Waals surface area contributed by atoms with Crippen LogP contribution in [0, 0.1) is 5.92 Å². The molecule has 2 aromatic rings. The minimum absolute atomic E-state index is 0.227. The van der Waals surface area contributed by atoms with Crippen LogP contribution < -0.4 is 11.2 Å². The van der Waals surface area contributed by atoms with Crippen LogP contribution in [0.1, 0.15) is 43.6 Å². The van der Waals surface area contributed by atoms with Crippen molar-refractivity contribution in [2.24, 2.45) is 5.92 Å². The van der Waals surface area contributed by atoms with Crippen LogP contribution in [0.4, 0.5) is 0 Å². The number of carbonyl (C=O) groups is 1. The van der Waals surface area contributed by atoms with Gasteiger partial charge in [-0.15, -0.1) is 11.3 Å². The molecule has 1 saturated heterocycles. The van der Waals surface area contributed by atoms with Gasteiger partial charge in [-0.05, 0) is 63.6 Å². The lowest BCUT2D eigenvalue weighted by molar-refractivity contribution is -0.143. The lowest BCUT2D eigenvalue weighted by Gasteiger charge is -2.18. The van der Waals surface area contributed by atoms with Crippen LogP contribution in [0.3, 0.4) is 0 Å². The summed E-state index contributed by atoms with van der Waals surface area (Å²) in [5, 5.41) is 0.641. The van der Waals surface area contributed by atoms with E-state index in [9.17, 15) is 14.4 Å². The monoisotopic (exact) mass is 419 g/mol. The topological polar surface area (TPSA) is 73.5 Å². The molecule has 0 saturated carbocycles. The molecule has 2 aliphatic rings. The number of fused-ring (bicyclic) bond motifs is 3. The second-order valence-electron chi connectivity index (χ2n) is 8.21. The van der Waals surface area contributed by atoms with E-state index in [1.807, 2.05) is 0 Å². The molecule has 1 atom stereocenters. The number of rotatable bonds is 6. The maximum atomic E-state index is 13.3. The summed E-state index contributed by atoms with van der Waals surface area (Å²) in [5.41, 5.74) is 0.338. The highest BCUT2D eigenvalue weighted by atomic mass is 32.1. The Morgan fingerprint density at radius 2 is 1.93 bits per heavy atom. The third kappa shape index (κ3) is 3.92. The molecule has 0 bridgehead atoms. The molecule has 3 heterocycles. The highest BCUT2D eigenvalue weighted by molar-refractivity contribution is 7.18. The number of aryl methyl sites for hydroxylation is 1. The first kappa shape index (κ1) is 20.3. The summed E-state index contributed by atoms with van der Waals surface area (Å²) >= 11 is 1.59. The molecule has 1 fully saturated rings. The summed E-state index contributed by atoms with van der Waals surface area (Å²) in [6, 6.07) is 0. The van der Waals surface area contributed by atoms with Crippen LogP contribution in [0.5, 0.6) is 0 Å². The zero-order valence-corrected chi connectivity index (χ0v) is 18.1. The lowest BCUT2D eigenvalue weighted by Crippen LogP contribution is -2.43. The molecule has 0 amide bonds. The molecule has 0 aromatic carbocycles. The normalized spacial score (nSPS) is 19.6. The van der Waals surface area contributed by atoms with Crippen molar-refractivity contribution in [2.45, 2.75) is 59.0 Å². The van der Waals surface area contributed by atoms with E-state index in [-0.39, 0.29) is 18.7 Å². The van der Waals surface area contributed by atoms with Crippen molar-refractivity contribution in [2.75, 3.05) is 26.2 Å². The summed E-state index contributed by atoms with van der Waals surface area (Å²) in [6.45, 7) is 7.24. The van der Waals surface area contributed by atoms with Crippen LogP contribution in [0.2, 0.25) is 0 Å². The molecular weight excluding hydrogens is 390 g/mol. The predicted octanol–water partition coefficient (Wildman–Crippen LogP) is 2.01. The summed E-state index contributed by atoms with van der Waals surface area (Å²) in [6.07, 6.45) is 5.30. The summed E-state index contributed by atoms with van der Waals surface area (Å²) < 4.78 is 7.81. The molecule has 0 unspecified atom stereocenters. The molecule has 1 aliphatic heterocycles. The van der Waals surface area contributed by atoms with Crippen molar-refractivity contribution in [1.29, 1.82) is 0 Å². The Morgan fingerprint density at radius 1 is 1.17 bits per heavy atom. The fourth-order valence-electron chi connectivity index (χ4n) is 4.53. The lowest BCUT2D eigenvalue weighted by atomic mass is 9.89. The van der Waals surface area contributed by atoms with Crippen molar-refractivity contribution >= 4 is 27.5 Å². The average molecular weight is 420 g/mol. The number of nitrogens with zero attached hydrogens (tertiary/aromatic N) is 3. The number of aromatic nitrogens is 2. The predicted molar refractivity (Wildman–Crippen MR) is 114 cm³/mol. The molecule has 4 rings (SSSR count). The van der Waals surface area contributed by atoms with E-state index < -0.39 is 11.7 Å². The molecule has 158 valence electrons. The number of esters is 1. The Hall–Kier alpha value is -1.93. The van der Waals surface area contributed by atoms with E-state index in [0.717, 1.165) is 53.9 Å². The molecule has 0 radical (unpaired) electrons. The molecule has 0 N–H and O–H groups in total. The largest absolute Gasteiger partial charge is 0.465 e. The number of hydrogen-bond donors (Lipinski definition) is 0. The fourth-order valence-corrected chi connectivity index (χ4v) is 5.88. The third-order valence-electron chi connectivity index (χ3n) is 6.09. The molecule has 1 aliphatic carbocycles. The smallest absolute Gasteiger partial charge is 0.332 e. The highest BCUT2D eigenvalue weighted by Crippen LogP contribution is 2.36. The number of likely N-dealkylation sites (tertiary alicyclic amines) is 1. The van der Waals surface area contributed by atoms with Crippen LogP contribution in [-0.2, 0) is 35.5 Å². The van der Waals surface area contributed by atoms with Crippen LogP contribution in [0.15, 0.2) is 9.59 Å². The van der Waals surface area contributed by atoms with Gasteiger partial charge >= 0.3 is 11.7 Å². The van der Waals surface area contributed by atoms with Gasteiger partial charge in [-0.25, -0.2) is 9.36 Å². The minimum Gasteiger partial charge on any atom is -0.465 e. The van der Waals surface area contributed by atoms with Crippen molar-refractivity contribution in [3.63, 3.8) is 0 Å². The zero-order valence-electron chi connectivity index (χ0n) is 17.2. The fraction of sp³-hybridized carbons (Fsp3) is 0.667. The SMILES string of the molecule is CCOC(=O)Cn1c(=O)c2c3c(sc2n(CCN2CCCC2)c1=O)CC[C@H](C)C3. The van der Waals surface area contributed by atoms with Crippen molar-refractivity contribution in [3.05, 3.63) is 31.3 Å². The third-order valence-corrected chi connectivity index (χ3v) is 7.40. The van der Waals surface area contributed by atoms with Gasteiger partial charge in [0.25, 0.3) is 5.56 Å². The van der Waals surface area contributed by atoms with Gasteiger partial charge in [0.1, 0.15) is 11.4 Å². The maximum absolute atomic E-state index is 13.3. The Balaban J connectivity index is 1.83. The molecule has 7 nitrogen and oxygen atoms in total. The average Bonchev–Trinajstić information content (AvgIpc) is 3.33. The maximum Gasteiger partial charge on any atom is 0.332 e. The molecule has 29 heavy (non-hydrogen) atoms. The summed E-state index contributed by atoms with van der Waals surface area (Å²) in [7, 11) is 0. The Morgan fingerprint density at radius 3 is 2.66 bits per heavy atom.